The van der Waals surface area contributed by atoms with E-state index in [0.717, 1.165) is 34.0 Å². The minimum atomic E-state index is -0.287. The second-order valence-corrected chi connectivity index (χ2v) is 6.54. The third-order valence-electron chi connectivity index (χ3n) is 4.93. The Labute approximate surface area is 145 Å². The molecule has 0 spiro atoms. The predicted octanol–water partition coefficient (Wildman–Crippen LogP) is 3.76. The molecule has 0 saturated carbocycles. The van der Waals surface area contributed by atoms with Gasteiger partial charge in [0.2, 0.25) is 0 Å². The molecule has 2 aromatic carbocycles. The van der Waals surface area contributed by atoms with E-state index < -0.39 is 0 Å². The maximum absolute atomic E-state index is 12.6. The summed E-state index contributed by atoms with van der Waals surface area (Å²) in [6.07, 6.45) is 2.04. The van der Waals surface area contributed by atoms with Gasteiger partial charge in [0.25, 0.3) is 0 Å². The zero-order valence-corrected chi connectivity index (χ0v) is 13.8. The van der Waals surface area contributed by atoms with Gasteiger partial charge in [-0.2, -0.15) is 0 Å². The Kier molecular flexibility index (Phi) is 4.10. The third-order valence-corrected chi connectivity index (χ3v) is 4.93. The number of fused-ring (bicyclic) bond motifs is 3. The number of esters is 1. The van der Waals surface area contributed by atoms with Gasteiger partial charge in [0.1, 0.15) is 12.9 Å². The lowest BCUT2D eigenvalue weighted by molar-refractivity contribution is -0.150. The van der Waals surface area contributed by atoms with Gasteiger partial charge in [-0.1, -0.05) is 48.5 Å². The van der Waals surface area contributed by atoms with E-state index in [1.807, 2.05) is 54.6 Å². The van der Waals surface area contributed by atoms with E-state index in [1.165, 1.54) is 0 Å². The molecule has 25 heavy (non-hydrogen) atoms. The van der Waals surface area contributed by atoms with Gasteiger partial charge >= 0.3 is 5.97 Å². The van der Waals surface area contributed by atoms with Gasteiger partial charge in [0.15, 0.2) is 0 Å². The Balaban J connectivity index is 1.56. The van der Waals surface area contributed by atoms with Crippen LogP contribution in [0.1, 0.15) is 29.2 Å². The van der Waals surface area contributed by atoms with Crippen molar-refractivity contribution in [1.29, 1.82) is 0 Å². The van der Waals surface area contributed by atoms with Crippen molar-refractivity contribution in [2.45, 2.75) is 25.4 Å². The van der Waals surface area contributed by atoms with E-state index in [2.05, 4.69) is 4.98 Å². The van der Waals surface area contributed by atoms with E-state index in [4.69, 9.17) is 4.74 Å². The van der Waals surface area contributed by atoms with Crippen LogP contribution in [0.15, 0.2) is 54.6 Å². The van der Waals surface area contributed by atoms with Crippen molar-refractivity contribution >= 4 is 23.2 Å². The second kappa shape index (κ2) is 6.55. The molecule has 1 N–H and O–H groups in total. The predicted molar refractivity (Wildman–Crippen MR) is 95.2 cm³/mol. The number of H-pyrrole nitrogens is 1. The van der Waals surface area contributed by atoms with Gasteiger partial charge in [-0.3, -0.25) is 4.79 Å². The fourth-order valence-corrected chi connectivity index (χ4v) is 3.66. The molecule has 4 rings (SSSR count). The molecule has 4 nitrogen and oxygen atoms in total. The number of carbonyl (C=O) groups is 2. The van der Waals surface area contributed by atoms with Crippen molar-refractivity contribution in [3.8, 4) is 0 Å². The van der Waals surface area contributed by atoms with Crippen LogP contribution in [-0.2, 0) is 27.4 Å². The highest BCUT2D eigenvalue weighted by molar-refractivity contribution is 5.88. The molecule has 0 amide bonds. The van der Waals surface area contributed by atoms with E-state index >= 15 is 0 Å². The molecule has 0 aliphatic heterocycles. The topological polar surface area (TPSA) is 59.2 Å². The molecule has 2 atom stereocenters. The zero-order valence-electron chi connectivity index (χ0n) is 13.8. The summed E-state index contributed by atoms with van der Waals surface area (Å²) in [5.41, 5.74) is 3.99. The lowest BCUT2D eigenvalue weighted by atomic mass is 9.80. The second-order valence-electron chi connectivity index (χ2n) is 6.54. The molecule has 0 fully saturated rings. The number of ether oxygens (including phenoxy) is 1. The van der Waals surface area contributed by atoms with Gasteiger partial charge in [-0.05, 0) is 30.0 Å². The van der Waals surface area contributed by atoms with Crippen molar-refractivity contribution in [3.05, 3.63) is 71.4 Å². The number of hydrogen-bond donors (Lipinski definition) is 1. The maximum atomic E-state index is 12.6. The smallest absolute Gasteiger partial charge is 0.309 e. The summed E-state index contributed by atoms with van der Waals surface area (Å²) in [5.74, 6) is -0.803. The van der Waals surface area contributed by atoms with E-state index in [0.29, 0.717) is 12.8 Å². The Morgan fingerprint density at radius 3 is 2.68 bits per heavy atom. The molecule has 1 heterocycles. The van der Waals surface area contributed by atoms with Crippen molar-refractivity contribution < 1.29 is 14.3 Å². The van der Waals surface area contributed by atoms with Gasteiger partial charge in [-0.15, -0.1) is 0 Å². The van der Waals surface area contributed by atoms with Crippen molar-refractivity contribution in [3.63, 3.8) is 0 Å². The summed E-state index contributed by atoms with van der Waals surface area (Å²) in [7, 11) is 0. The number of hydrogen-bond acceptors (Lipinski definition) is 3. The number of aromatic nitrogens is 1. The first-order chi connectivity index (χ1) is 12.3. The fourth-order valence-electron chi connectivity index (χ4n) is 3.66. The number of para-hydroxylation sites is 1. The van der Waals surface area contributed by atoms with Crippen LogP contribution in [0.3, 0.4) is 0 Å². The molecule has 0 saturated heterocycles. The molecule has 0 bridgehead atoms. The van der Waals surface area contributed by atoms with Gasteiger partial charge in [-0.25, -0.2) is 0 Å². The number of nitrogens with one attached hydrogen (secondary N) is 1. The molecule has 0 radical (unpaired) electrons. The Hall–Kier alpha value is -2.88. The van der Waals surface area contributed by atoms with Crippen LogP contribution < -0.4 is 0 Å². The third kappa shape index (κ3) is 2.95. The first kappa shape index (κ1) is 15.6. The molecule has 1 aliphatic rings. The van der Waals surface area contributed by atoms with Crippen molar-refractivity contribution in [2.75, 3.05) is 0 Å². The Bertz CT molecular complexity index is 913. The lowest BCUT2D eigenvalue weighted by Crippen LogP contribution is -2.27. The van der Waals surface area contributed by atoms with Crippen LogP contribution in [0.5, 0.6) is 0 Å². The quantitative estimate of drug-likeness (QED) is 0.584. The van der Waals surface area contributed by atoms with E-state index in [9.17, 15) is 9.59 Å². The number of rotatable bonds is 4. The Morgan fingerprint density at radius 2 is 1.88 bits per heavy atom. The van der Waals surface area contributed by atoms with Gasteiger partial charge < -0.3 is 14.5 Å². The number of benzene rings is 2. The van der Waals surface area contributed by atoms with Crippen LogP contribution in [0.25, 0.3) is 10.9 Å². The SMILES string of the molecule is O=CC1CC(C(=O)OCc2ccccc2)Cc2c1[nH]c1ccccc21. The first-order valence-corrected chi connectivity index (χ1v) is 8.51. The summed E-state index contributed by atoms with van der Waals surface area (Å²) in [4.78, 5) is 27.5. The van der Waals surface area contributed by atoms with Crippen molar-refractivity contribution in [2.24, 2.45) is 5.92 Å². The van der Waals surface area contributed by atoms with Gasteiger partial charge in [0.05, 0.1) is 11.8 Å². The average molecular weight is 333 g/mol. The standard InChI is InChI=1S/C21H19NO3/c23-12-16-10-15(21(24)25-13-14-6-2-1-3-7-14)11-18-17-8-4-5-9-19(17)22-20(16)18/h1-9,12,15-16,22H,10-11,13H2. The van der Waals surface area contributed by atoms with E-state index in [-0.39, 0.29) is 24.4 Å². The highest BCUT2D eigenvalue weighted by atomic mass is 16.5. The average Bonchev–Trinajstić information content (AvgIpc) is 3.05. The molecule has 1 aromatic heterocycles. The monoisotopic (exact) mass is 333 g/mol. The molecule has 4 heteroatoms. The lowest BCUT2D eigenvalue weighted by Gasteiger charge is -2.25. The zero-order chi connectivity index (χ0) is 17.2. The molecule has 126 valence electrons. The highest BCUT2D eigenvalue weighted by Crippen LogP contribution is 2.38. The highest BCUT2D eigenvalue weighted by Gasteiger charge is 2.34. The minimum absolute atomic E-state index is 0.230. The number of aldehydes is 1. The van der Waals surface area contributed by atoms with E-state index in [1.54, 1.807) is 0 Å². The first-order valence-electron chi connectivity index (χ1n) is 8.51. The summed E-state index contributed by atoms with van der Waals surface area (Å²) in [6, 6.07) is 17.6. The van der Waals surface area contributed by atoms with Crippen LogP contribution in [-0.4, -0.2) is 17.2 Å². The van der Waals surface area contributed by atoms with Crippen LogP contribution >= 0.6 is 0 Å². The summed E-state index contributed by atoms with van der Waals surface area (Å²) < 4.78 is 5.50. The molecule has 1 aliphatic carbocycles. The normalized spacial score (nSPS) is 19.4. The molecule has 2 unspecified atom stereocenters. The minimum Gasteiger partial charge on any atom is -0.461 e. The van der Waals surface area contributed by atoms with Crippen LogP contribution in [0, 0.1) is 5.92 Å². The number of aromatic amines is 1. The molecular weight excluding hydrogens is 314 g/mol. The molecular formula is C21H19NO3. The number of carbonyl (C=O) groups excluding carboxylic acids is 2. The fraction of sp³-hybridized carbons (Fsp3) is 0.238. The Morgan fingerprint density at radius 1 is 1.12 bits per heavy atom. The van der Waals surface area contributed by atoms with Crippen LogP contribution in [0.4, 0.5) is 0 Å². The van der Waals surface area contributed by atoms with Crippen LogP contribution in [0.2, 0.25) is 0 Å². The largest absolute Gasteiger partial charge is 0.461 e. The maximum Gasteiger partial charge on any atom is 0.309 e. The molecule has 3 aromatic rings. The summed E-state index contributed by atoms with van der Waals surface area (Å²) in [6.45, 7) is 0.267. The van der Waals surface area contributed by atoms with Gasteiger partial charge in [0, 0.05) is 16.6 Å². The summed E-state index contributed by atoms with van der Waals surface area (Å²) >= 11 is 0. The van der Waals surface area contributed by atoms with Crippen molar-refractivity contribution in [1.82, 2.24) is 4.98 Å². The summed E-state index contributed by atoms with van der Waals surface area (Å²) in [5, 5.41) is 1.09.